The van der Waals surface area contributed by atoms with E-state index >= 15 is 0 Å². The number of para-hydroxylation sites is 1. The molecule has 2 aromatic heterocycles. The Morgan fingerprint density at radius 3 is 2.36 bits per heavy atom. The summed E-state index contributed by atoms with van der Waals surface area (Å²) >= 11 is 1.41. The summed E-state index contributed by atoms with van der Waals surface area (Å²) in [6.45, 7) is 4.30. The van der Waals surface area contributed by atoms with Gasteiger partial charge in [0.2, 0.25) is 5.91 Å². The van der Waals surface area contributed by atoms with Gasteiger partial charge in [0.1, 0.15) is 0 Å². The molecule has 0 radical (unpaired) electrons. The Kier molecular flexibility index (Phi) is 6.46. The van der Waals surface area contributed by atoms with Crippen molar-refractivity contribution in [2.75, 3.05) is 19.8 Å². The summed E-state index contributed by atoms with van der Waals surface area (Å²) < 4.78 is 2.09. The molecule has 3 aromatic rings. The number of hydrogen-bond acceptors (Lipinski definition) is 5. The van der Waals surface area contributed by atoms with Gasteiger partial charge in [-0.1, -0.05) is 43.8 Å². The number of benzene rings is 1. The molecule has 7 heteroatoms. The number of hydrogen-bond donors (Lipinski definition) is 0. The lowest BCUT2D eigenvalue weighted by atomic mass is 10.0. The first-order valence-electron chi connectivity index (χ1n) is 9.36. The largest absolute Gasteiger partial charge is 0.348 e. The van der Waals surface area contributed by atoms with Crippen LogP contribution in [-0.2, 0) is 17.6 Å². The van der Waals surface area contributed by atoms with Crippen molar-refractivity contribution < 1.29 is 4.79 Å². The molecule has 1 amide bonds. The van der Waals surface area contributed by atoms with Crippen LogP contribution in [0.1, 0.15) is 25.0 Å². The molecular formula is C21H25N5OS. The maximum atomic E-state index is 12.1. The van der Waals surface area contributed by atoms with Gasteiger partial charge in [-0.2, -0.15) is 0 Å². The maximum absolute atomic E-state index is 12.1. The Morgan fingerprint density at radius 2 is 1.79 bits per heavy atom. The molecule has 0 aliphatic rings. The van der Waals surface area contributed by atoms with Gasteiger partial charge in [-0.25, -0.2) is 0 Å². The Balaban J connectivity index is 2.17. The molecule has 0 atom stereocenters. The summed E-state index contributed by atoms with van der Waals surface area (Å²) in [6, 6.07) is 10.2. The molecule has 1 aromatic carbocycles. The van der Waals surface area contributed by atoms with E-state index in [4.69, 9.17) is 0 Å². The zero-order valence-corrected chi connectivity index (χ0v) is 17.5. The quantitative estimate of drug-likeness (QED) is 0.572. The monoisotopic (exact) mass is 395 g/mol. The van der Waals surface area contributed by atoms with Gasteiger partial charge in [0.15, 0.2) is 11.0 Å². The number of aryl methyl sites for hydroxylation is 2. The normalized spacial score (nSPS) is 10.9. The minimum absolute atomic E-state index is 0.0435. The van der Waals surface area contributed by atoms with Gasteiger partial charge in [-0.15, -0.1) is 10.2 Å². The SMILES string of the molecule is CCc1cccc(CC)c1-n1c(SCC(=O)N(C)C)nnc1-c1cccnc1. The van der Waals surface area contributed by atoms with Crippen LogP contribution in [0, 0.1) is 0 Å². The van der Waals surface area contributed by atoms with Crippen LogP contribution in [0.4, 0.5) is 0 Å². The predicted molar refractivity (Wildman–Crippen MR) is 113 cm³/mol. The van der Waals surface area contributed by atoms with Crippen molar-refractivity contribution in [1.82, 2.24) is 24.6 Å². The molecule has 0 aliphatic carbocycles. The molecule has 2 heterocycles. The van der Waals surface area contributed by atoms with E-state index in [-0.39, 0.29) is 5.91 Å². The highest BCUT2D eigenvalue weighted by atomic mass is 32.2. The van der Waals surface area contributed by atoms with Gasteiger partial charge in [0.05, 0.1) is 11.4 Å². The predicted octanol–water partition coefficient (Wildman–Crippen LogP) is 3.63. The minimum atomic E-state index is 0.0435. The summed E-state index contributed by atoms with van der Waals surface area (Å²) in [7, 11) is 3.52. The van der Waals surface area contributed by atoms with Crippen molar-refractivity contribution in [3.8, 4) is 17.1 Å². The second kappa shape index (κ2) is 9.01. The molecule has 28 heavy (non-hydrogen) atoms. The Hall–Kier alpha value is -2.67. The van der Waals surface area contributed by atoms with Gasteiger partial charge in [0.25, 0.3) is 0 Å². The van der Waals surface area contributed by atoms with Crippen molar-refractivity contribution in [3.05, 3.63) is 53.9 Å². The summed E-state index contributed by atoms with van der Waals surface area (Å²) in [5.74, 6) is 1.10. The molecule has 146 valence electrons. The molecule has 0 spiro atoms. The second-order valence-electron chi connectivity index (χ2n) is 6.59. The summed E-state index contributed by atoms with van der Waals surface area (Å²) in [4.78, 5) is 18.0. The molecule has 0 saturated carbocycles. The average molecular weight is 396 g/mol. The third kappa shape index (κ3) is 4.09. The van der Waals surface area contributed by atoms with Gasteiger partial charge in [-0.3, -0.25) is 14.3 Å². The number of amides is 1. The lowest BCUT2D eigenvalue weighted by Gasteiger charge is -2.18. The fourth-order valence-electron chi connectivity index (χ4n) is 3.00. The van der Waals surface area contributed by atoms with E-state index in [0.29, 0.717) is 10.9 Å². The van der Waals surface area contributed by atoms with Crippen LogP contribution < -0.4 is 0 Å². The molecular weight excluding hydrogens is 370 g/mol. The maximum Gasteiger partial charge on any atom is 0.232 e. The van der Waals surface area contributed by atoms with E-state index in [2.05, 4.69) is 51.8 Å². The molecule has 0 saturated heterocycles. The van der Waals surface area contributed by atoms with Crippen molar-refractivity contribution in [3.63, 3.8) is 0 Å². The molecule has 3 rings (SSSR count). The minimum Gasteiger partial charge on any atom is -0.348 e. The van der Waals surface area contributed by atoms with Gasteiger partial charge >= 0.3 is 0 Å². The number of carbonyl (C=O) groups is 1. The van der Waals surface area contributed by atoms with Gasteiger partial charge in [-0.05, 0) is 36.1 Å². The Labute approximate surface area is 170 Å². The first-order valence-corrected chi connectivity index (χ1v) is 10.3. The third-order valence-corrected chi connectivity index (χ3v) is 5.48. The molecule has 0 N–H and O–H groups in total. The summed E-state index contributed by atoms with van der Waals surface area (Å²) in [6.07, 6.45) is 5.33. The molecule has 0 bridgehead atoms. The first kappa shape index (κ1) is 20.1. The van der Waals surface area contributed by atoms with E-state index in [9.17, 15) is 4.79 Å². The fourth-order valence-corrected chi connectivity index (χ4v) is 3.92. The molecule has 0 aliphatic heterocycles. The number of carbonyl (C=O) groups excluding carboxylic acids is 1. The van der Waals surface area contributed by atoms with Crippen LogP contribution in [0.25, 0.3) is 17.1 Å². The van der Waals surface area contributed by atoms with Crippen LogP contribution >= 0.6 is 11.8 Å². The van der Waals surface area contributed by atoms with Crippen LogP contribution in [0.3, 0.4) is 0 Å². The number of nitrogens with zero attached hydrogens (tertiary/aromatic N) is 5. The lowest BCUT2D eigenvalue weighted by Crippen LogP contribution is -2.23. The Morgan fingerprint density at radius 1 is 1.07 bits per heavy atom. The first-order chi connectivity index (χ1) is 13.6. The lowest BCUT2D eigenvalue weighted by molar-refractivity contribution is -0.125. The fraction of sp³-hybridized carbons (Fsp3) is 0.333. The average Bonchev–Trinajstić information content (AvgIpc) is 3.15. The highest BCUT2D eigenvalue weighted by Crippen LogP contribution is 2.32. The third-order valence-electron chi connectivity index (χ3n) is 4.57. The second-order valence-corrected chi connectivity index (χ2v) is 7.53. The van der Waals surface area contributed by atoms with E-state index in [1.54, 1.807) is 31.4 Å². The van der Waals surface area contributed by atoms with Crippen molar-refractivity contribution in [2.24, 2.45) is 0 Å². The summed E-state index contributed by atoms with van der Waals surface area (Å²) in [5.41, 5.74) is 4.46. The van der Waals surface area contributed by atoms with Gasteiger partial charge in [0, 0.05) is 32.1 Å². The number of pyridine rings is 1. The van der Waals surface area contributed by atoms with Crippen LogP contribution in [0.5, 0.6) is 0 Å². The van der Waals surface area contributed by atoms with Crippen molar-refractivity contribution in [1.29, 1.82) is 0 Å². The zero-order chi connectivity index (χ0) is 20.1. The van der Waals surface area contributed by atoms with Crippen LogP contribution in [0.2, 0.25) is 0 Å². The number of rotatable bonds is 7. The van der Waals surface area contributed by atoms with Crippen molar-refractivity contribution in [2.45, 2.75) is 31.8 Å². The molecule has 6 nitrogen and oxygen atoms in total. The summed E-state index contributed by atoms with van der Waals surface area (Å²) in [5, 5.41) is 9.60. The topological polar surface area (TPSA) is 63.9 Å². The molecule has 0 unspecified atom stereocenters. The van der Waals surface area contributed by atoms with E-state index in [1.165, 1.54) is 22.9 Å². The van der Waals surface area contributed by atoms with Crippen LogP contribution in [0.15, 0.2) is 47.9 Å². The number of thioether (sulfide) groups is 1. The smallest absolute Gasteiger partial charge is 0.232 e. The van der Waals surface area contributed by atoms with Crippen molar-refractivity contribution >= 4 is 17.7 Å². The van der Waals surface area contributed by atoms with Crippen LogP contribution in [-0.4, -0.2) is 50.4 Å². The highest BCUT2D eigenvalue weighted by molar-refractivity contribution is 7.99. The zero-order valence-electron chi connectivity index (χ0n) is 16.7. The van der Waals surface area contributed by atoms with E-state index in [1.807, 2.05) is 12.1 Å². The van der Waals surface area contributed by atoms with Gasteiger partial charge < -0.3 is 4.90 Å². The van der Waals surface area contributed by atoms with E-state index in [0.717, 1.165) is 29.9 Å². The number of aromatic nitrogens is 4. The Bertz CT molecular complexity index is 930. The highest BCUT2D eigenvalue weighted by Gasteiger charge is 2.21. The molecule has 0 fully saturated rings. The van der Waals surface area contributed by atoms with E-state index < -0.39 is 0 Å². The standard InChI is InChI=1S/C21H25N5OS/c1-5-15-9-7-10-16(6-2)19(15)26-20(17-11-8-12-22-13-17)23-24-21(26)28-14-18(27)25(3)4/h7-13H,5-6,14H2,1-4H3.